The monoisotopic (exact) mass is 307 g/mol. The Bertz CT molecular complexity index is 615. The predicted octanol–water partition coefficient (Wildman–Crippen LogP) is 2.24. The summed E-state index contributed by atoms with van der Waals surface area (Å²) in [5, 5.41) is 19.3. The molecule has 5 nitrogen and oxygen atoms in total. The molecule has 0 bridgehead atoms. The van der Waals surface area contributed by atoms with Gasteiger partial charge in [-0.25, -0.2) is 0 Å². The van der Waals surface area contributed by atoms with E-state index in [1.165, 1.54) is 11.3 Å². The number of aliphatic hydroxyl groups is 1. The number of hydrogen-bond donors (Lipinski definition) is 2. The molecule has 0 spiro atoms. The summed E-state index contributed by atoms with van der Waals surface area (Å²) in [5.41, 5.74) is 0.313. The normalized spacial score (nSPS) is 14.2. The Morgan fingerprint density at radius 3 is 2.81 bits per heavy atom. The van der Waals surface area contributed by atoms with Gasteiger partial charge in [-0.2, -0.15) is 5.10 Å². The van der Waals surface area contributed by atoms with Crippen molar-refractivity contribution < 1.29 is 9.90 Å². The molecule has 2 N–H and O–H groups in total. The van der Waals surface area contributed by atoms with Crippen molar-refractivity contribution in [1.82, 2.24) is 15.1 Å². The van der Waals surface area contributed by atoms with Crippen molar-refractivity contribution in [3.05, 3.63) is 39.8 Å². The van der Waals surface area contributed by atoms with Gasteiger partial charge in [-0.05, 0) is 30.4 Å². The summed E-state index contributed by atoms with van der Waals surface area (Å²) in [6, 6.07) is 5.53. The largest absolute Gasteiger partial charge is 0.383 e. The standard InChI is InChI=1S/C15H21N3O2S/c1-10(2)12-8-11(17-18(12)4)14(19)16-9-15(3,20)13-6-5-7-21-13/h5-8,10,20H,9H2,1-4H3,(H,16,19). The van der Waals surface area contributed by atoms with Crippen molar-refractivity contribution >= 4 is 17.2 Å². The number of hydrogen-bond acceptors (Lipinski definition) is 4. The highest BCUT2D eigenvalue weighted by Gasteiger charge is 2.25. The lowest BCUT2D eigenvalue weighted by molar-refractivity contribution is 0.0555. The third kappa shape index (κ3) is 3.51. The number of rotatable bonds is 5. The van der Waals surface area contributed by atoms with Crippen LogP contribution in [0.15, 0.2) is 23.6 Å². The van der Waals surface area contributed by atoms with E-state index in [1.807, 2.05) is 24.6 Å². The van der Waals surface area contributed by atoms with Gasteiger partial charge in [0.15, 0.2) is 0 Å². The first-order valence-electron chi connectivity index (χ1n) is 6.90. The number of aromatic nitrogens is 2. The van der Waals surface area contributed by atoms with Crippen LogP contribution in [0, 0.1) is 0 Å². The second-order valence-electron chi connectivity index (χ2n) is 5.67. The van der Waals surface area contributed by atoms with Crippen LogP contribution in [0.3, 0.4) is 0 Å². The van der Waals surface area contributed by atoms with Gasteiger partial charge in [-0.3, -0.25) is 9.48 Å². The van der Waals surface area contributed by atoms with Crippen molar-refractivity contribution in [3.63, 3.8) is 0 Å². The molecule has 0 aromatic carbocycles. The number of thiophene rings is 1. The summed E-state index contributed by atoms with van der Waals surface area (Å²) < 4.78 is 1.72. The minimum absolute atomic E-state index is 0.153. The van der Waals surface area contributed by atoms with Gasteiger partial charge in [0.2, 0.25) is 0 Å². The Kier molecular flexibility index (Phi) is 4.49. The summed E-state index contributed by atoms with van der Waals surface area (Å²) >= 11 is 1.47. The van der Waals surface area contributed by atoms with Crippen LogP contribution in [0.5, 0.6) is 0 Å². The molecule has 2 heterocycles. The Morgan fingerprint density at radius 1 is 1.57 bits per heavy atom. The van der Waals surface area contributed by atoms with E-state index in [0.717, 1.165) is 10.6 Å². The highest BCUT2D eigenvalue weighted by Crippen LogP contribution is 2.24. The molecule has 0 radical (unpaired) electrons. The Morgan fingerprint density at radius 2 is 2.29 bits per heavy atom. The highest BCUT2D eigenvalue weighted by atomic mass is 32.1. The molecule has 2 aromatic rings. The second kappa shape index (κ2) is 5.99. The first-order valence-corrected chi connectivity index (χ1v) is 7.77. The summed E-state index contributed by atoms with van der Waals surface area (Å²) in [6.45, 7) is 5.96. The number of carbonyl (C=O) groups excluding carboxylic acids is 1. The Hall–Kier alpha value is -1.66. The molecule has 0 aliphatic heterocycles. The van der Waals surface area contributed by atoms with Crippen LogP contribution in [0.1, 0.15) is 47.7 Å². The van der Waals surface area contributed by atoms with Crippen LogP contribution in [0.25, 0.3) is 0 Å². The van der Waals surface area contributed by atoms with E-state index in [2.05, 4.69) is 24.3 Å². The summed E-state index contributed by atoms with van der Waals surface area (Å²) in [5.74, 6) is 0.0348. The lowest BCUT2D eigenvalue weighted by Gasteiger charge is -2.21. The maximum atomic E-state index is 12.2. The third-order valence-corrected chi connectivity index (χ3v) is 4.51. The smallest absolute Gasteiger partial charge is 0.271 e. The molecule has 1 amide bonds. The molecule has 0 saturated carbocycles. The number of nitrogens with zero attached hydrogens (tertiary/aromatic N) is 2. The van der Waals surface area contributed by atoms with Crippen LogP contribution in [-0.4, -0.2) is 27.3 Å². The third-order valence-electron chi connectivity index (χ3n) is 3.39. The molecule has 6 heteroatoms. The van der Waals surface area contributed by atoms with E-state index in [-0.39, 0.29) is 12.5 Å². The van der Waals surface area contributed by atoms with E-state index < -0.39 is 5.60 Å². The Balaban J connectivity index is 2.04. The van der Waals surface area contributed by atoms with E-state index in [1.54, 1.807) is 17.7 Å². The van der Waals surface area contributed by atoms with E-state index >= 15 is 0 Å². The molecule has 0 aliphatic carbocycles. The first kappa shape index (κ1) is 15.7. The van der Waals surface area contributed by atoms with Gasteiger partial charge in [0.1, 0.15) is 11.3 Å². The number of nitrogens with one attached hydrogen (secondary N) is 1. The van der Waals surface area contributed by atoms with Crippen LogP contribution in [0.2, 0.25) is 0 Å². The zero-order valence-electron chi connectivity index (χ0n) is 12.8. The Labute approximate surface area is 128 Å². The number of amides is 1. The van der Waals surface area contributed by atoms with Crippen LogP contribution >= 0.6 is 11.3 Å². The van der Waals surface area contributed by atoms with Gasteiger partial charge < -0.3 is 10.4 Å². The maximum absolute atomic E-state index is 12.2. The van der Waals surface area contributed by atoms with Crippen molar-refractivity contribution in [2.24, 2.45) is 7.05 Å². The molecule has 21 heavy (non-hydrogen) atoms. The van der Waals surface area contributed by atoms with Gasteiger partial charge in [0.05, 0.1) is 6.54 Å². The van der Waals surface area contributed by atoms with E-state index in [9.17, 15) is 9.90 Å². The van der Waals surface area contributed by atoms with Gasteiger partial charge in [-0.15, -0.1) is 11.3 Å². The fourth-order valence-corrected chi connectivity index (χ4v) is 2.94. The quantitative estimate of drug-likeness (QED) is 0.890. The fraction of sp³-hybridized carbons (Fsp3) is 0.467. The molecule has 0 saturated heterocycles. The zero-order valence-corrected chi connectivity index (χ0v) is 13.6. The summed E-state index contributed by atoms with van der Waals surface area (Å²) in [7, 11) is 1.83. The van der Waals surface area contributed by atoms with Crippen LogP contribution in [0.4, 0.5) is 0 Å². The van der Waals surface area contributed by atoms with E-state index in [4.69, 9.17) is 0 Å². The molecule has 1 unspecified atom stereocenters. The highest BCUT2D eigenvalue weighted by molar-refractivity contribution is 7.10. The van der Waals surface area contributed by atoms with Gasteiger partial charge >= 0.3 is 0 Å². The summed E-state index contributed by atoms with van der Waals surface area (Å²) in [6.07, 6.45) is 0. The SMILES string of the molecule is CC(C)c1cc(C(=O)NCC(C)(O)c2cccs2)nn1C. The average Bonchev–Trinajstić information content (AvgIpc) is 3.05. The fourth-order valence-electron chi connectivity index (χ4n) is 2.15. The average molecular weight is 307 g/mol. The molecular formula is C15H21N3O2S. The molecule has 0 aliphatic rings. The molecule has 1 atom stereocenters. The molecular weight excluding hydrogens is 286 g/mol. The predicted molar refractivity (Wildman–Crippen MR) is 83.5 cm³/mol. The zero-order chi connectivity index (χ0) is 15.6. The lowest BCUT2D eigenvalue weighted by Crippen LogP contribution is -2.38. The molecule has 2 rings (SSSR count). The maximum Gasteiger partial charge on any atom is 0.271 e. The van der Waals surface area contributed by atoms with E-state index in [0.29, 0.717) is 11.6 Å². The van der Waals surface area contributed by atoms with Gasteiger partial charge in [0, 0.05) is 17.6 Å². The van der Waals surface area contributed by atoms with Crippen LogP contribution < -0.4 is 5.32 Å². The van der Waals surface area contributed by atoms with Crippen molar-refractivity contribution in [3.8, 4) is 0 Å². The van der Waals surface area contributed by atoms with Crippen LogP contribution in [-0.2, 0) is 12.6 Å². The lowest BCUT2D eigenvalue weighted by atomic mass is 10.1. The molecule has 0 fully saturated rings. The van der Waals surface area contributed by atoms with Crippen molar-refractivity contribution in [2.75, 3.05) is 6.54 Å². The van der Waals surface area contributed by atoms with Crippen molar-refractivity contribution in [2.45, 2.75) is 32.3 Å². The minimum Gasteiger partial charge on any atom is -0.383 e. The van der Waals surface area contributed by atoms with Gasteiger partial charge in [-0.1, -0.05) is 19.9 Å². The minimum atomic E-state index is -1.07. The molecule has 2 aromatic heterocycles. The molecule has 114 valence electrons. The number of aryl methyl sites for hydroxylation is 1. The second-order valence-corrected chi connectivity index (χ2v) is 6.61. The number of carbonyl (C=O) groups is 1. The van der Waals surface area contributed by atoms with Crippen molar-refractivity contribution in [1.29, 1.82) is 0 Å². The van der Waals surface area contributed by atoms with Gasteiger partial charge in [0.25, 0.3) is 5.91 Å². The summed E-state index contributed by atoms with van der Waals surface area (Å²) in [4.78, 5) is 13.0. The first-order chi connectivity index (χ1) is 9.81. The topological polar surface area (TPSA) is 67.2 Å².